The van der Waals surface area contributed by atoms with Crippen molar-refractivity contribution in [1.82, 2.24) is 4.67 Å². The van der Waals surface area contributed by atoms with Gasteiger partial charge in [-0.3, -0.25) is 0 Å². The molecule has 0 aliphatic carbocycles. The van der Waals surface area contributed by atoms with E-state index in [-0.39, 0.29) is 0 Å². The molecule has 13 heavy (non-hydrogen) atoms. The van der Waals surface area contributed by atoms with Crippen LogP contribution in [0, 0.1) is 0 Å². The van der Waals surface area contributed by atoms with Crippen LogP contribution in [0.5, 0.6) is 0 Å². The van der Waals surface area contributed by atoms with Crippen molar-refractivity contribution in [2.45, 2.75) is 39.8 Å². The van der Waals surface area contributed by atoms with Gasteiger partial charge in [-0.05, 0) is 27.7 Å². The minimum absolute atomic E-state index is 0.380. The topological polar surface area (TPSA) is 20.3 Å². The molecule has 0 unspecified atom stereocenters. The zero-order valence-corrected chi connectivity index (χ0v) is 9.92. The Morgan fingerprint density at radius 1 is 1.08 bits per heavy atom. The van der Waals surface area contributed by atoms with Gasteiger partial charge in [-0.1, -0.05) is 12.2 Å². The Morgan fingerprint density at radius 2 is 1.46 bits per heavy atom. The standard InChI is InChI=1S/C10H20NOP/c1-9(2)11(10(3)4)13(12)7-5-6-8-13/h5-6,9-10H,7-8H2,1-4H3. The molecule has 1 aliphatic heterocycles. The second kappa shape index (κ2) is 3.98. The van der Waals surface area contributed by atoms with E-state index in [0.717, 1.165) is 12.3 Å². The van der Waals surface area contributed by atoms with Crippen LogP contribution in [-0.2, 0) is 4.57 Å². The molecule has 0 radical (unpaired) electrons. The highest BCUT2D eigenvalue weighted by Crippen LogP contribution is 2.54. The van der Waals surface area contributed by atoms with Crippen molar-refractivity contribution in [1.29, 1.82) is 0 Å². The molecule has 0 N–H and O–H groups in total. The quantitative estimate of drug-likeness (QED) is 0.517. The largest absolute Gasteiger partial charge is 0.306 e. The van der Waals surface area contributed by atoms with Crippen molar-refractivity contribution in [2.24, 2.45) is 0 Å². The maximum atomic E-state index is 12.5. The van der Waals surface area contributed by atoms with Crippen LogP contribution in [0.1, 0.15) is 27.7 Å². The van der Waals surface area contributed by atoms with Gasteiger partial charge in [-0.15, -0.1) is 0 Å². The molecule has 0 aromatic carbocycles. The first kappa shape index (κ1) is 11.0. The minimum atomic E-state index is -2.07. The summed E-state index contributed by atoms with van der Waals surface area (Å²) in [7, 11) is -2.07. The lowest BCUT2D eigenvalue weighted by molar-refractivity contribution is 0.301. The summed E-state index contributed by atoms with van der Waals surface area (Å²) in [5.41, 5.74) is 0. The van der Waals surface area contributed by atoms with E-state index in [1.54, 1.807) is 0 Å². The van der Waals surface area contributed by atoms with E-state index in [2.05, 4.69) is 44.5 Å². The molecule has 0 saturated carbocycles. The molecule has 76 valence electrons. The first-order valence-corrected chi connectivity index (χ1v) is 7.02. The van der Waals surface area contributed by atoms with Gasteiger partial charge in [0, 0.05) is 24.4 Å². The summed E-state index contributed by atoms with van der Waals surface area (Å²) in [6.07, 6.45) is 5.64. The van der Waals surface area contributed by atoms with Crippen molar-refractivity contribution in [3.05, 3.63) is 12.2 Å². The number of nitrogens with zero attached hydrogens (tertiary/aromatic N) is 1. The molecule has 0 aromatic rings. The van der Waals surface area contributed by atoms with Gasteiger partial charge in [-0.2, -0.15) is 0 Å². The molecule has 0 aromatic heterocycles. The van der Waals surface area contributed by atoms with Crippen molar-refractivity contribution < 1.29 is 4.57 Å². The molecule has 0 amide bonds. The van der Waals surface area contributed by atoms with Gasteiger partial charge in [0.25, 0.3) is 0 Å². The van der Waals surface area contributed by atoms with Gasteiger partial charge in [0.2, 0.25) is 0 Å². The van der Waals surface area contributed by atoms with E-state index < -0.39 is 7.29 Å². The van der Waals surface area contributed by atoms with E-state index >= 15 is 0 Å². The molecular weight excluding hydrogens is 181 g/mol. The highest BCUT2D eigenvalue weighted by atomic mass is 31.2. The number of rotatable bonds is 3. The van der Waals surface area contributed by atoms with Gasteiger partial charge >= 0.3 is 0 Å². The SMILES string of the molecule is CC(C)N(C(C)C)P1(=O)CC=CC1. The summed E-state index contributed by atoms with van der Waals surface area (Å²) in [6.45, 7) is 8.49. The van der Waals surface area contributed by atoms with Crippen LogP contribution in [0.25, 0.3) is 0 Å². The second-order valence-corrected chi connectivity index (χ2v) is 7.14. The van der Waals surface area contributed by atoms with Crippen LogP contribution in [0.4, 0.5) is 0 Å². The zero-order chi connectivity index (χ0) is 10.1. The normalized spacial score (nSPS) is 20.8. The van der Waals surface area contributed by atoms with E-state index in [0.29, 0.717) is 12.1 Å². The summed E-state index contributed by atoms with van der Waals surface area (Å²) < 4.78 is 14.6. The van der Waals surface area contributed by atoms with Crippen molar-refractivity contribution in [2.75, 3.05) is 12.3 Å². The smallest absolute Gasteiger partial charge is 0.158 e. The fraction of sp³-hybridized carbons (Fsp3) is 0.800. The Kier molecular flexibility index (Phi) is 3.37. The zero-order valence-electron chi connectivity index (χ0n) is 9.03. The summed E-state index contributed by atoms with van der Waals surface area (Å²) in [6, 6.07) is 0.761. The fourth-order valence-electron chi connectivity index (χ4n) is 2.18. The van der Waals surface area contributed by atoms with Crippen LogP contribution in [0.3, 0.4) is 0 Å². The predicted octanol–water partition coefficient (Wildman–Crippen LogP) is 2.95. The monoisotopic (exact) mass is 201 g/mol. The highest BCUT2D eigenvalue weighted by Gasteiger charge is 2.34. The highest BCUT2D eigenvalue weighted by molar-refractivity contribution is 7.62. The Morgan fingerprint density at radius 3 is 1.77 bits per heavy atom. The Balaban J connectivity index is 2.82. The Hall–Kier alpha value is -0.0700. The van der Waals surface area contributed by atoms with E-state index in [9.17, 15) is 4.57 Å². The fourth-order valence-corrected chi connectivity index (χ4v) is 5.35. The third-order valence-electron chi connectivity index (χ3n) is 2.43. The van der Waals surface area contributed by atoms with Crippen LogP contribution in [0.15, 0.2) is 12.2 Å². The third-order valence-corrected chi connectivity index (χ3v) is 5.76. The summed E-state index contributed by atoms with van der Waals surface area (Å²) in [5.74, 6) is 0. The lowest BCUT2D eigenvalue weighted by Crippen LogP contribution is -2.34. The van der Waals surface area contributed by atoms with Gasteiger partial charge in [0.1, 0.15) is 0 Å². The molecule has 0 spiro atoms. The molecule has 0 bridgehead atoms. The average molecular weight is 201 g/mol. The van der Waals surface area contributed by atoms with Gasteiger partial charge in [-0.25, -0.2) is 4.67 Å². The van der Waals surface area contributed by atoms with Crippen molar-refractivity contribution in [3.63, 3.8) is 0 Å². The van der Waals surface area contributed by atoms with Crippen LogP contribution < -0.4 is 0 Å². The number of allylic oxidation sites excluding steroid dienone is 2. The maximum Gasteiger partial charge on any atom is 0.158 e. The Bertz CT molecular complexity index is 225. The number of hydrogen-bond donors (Lipinski definition) is 0. The maximum absolute atomic E-state index is 12.5. The van der Waals surface area contributed by atoms with Gasteiger partial charge in [0.15, 0.2) is 7.29 Å². The number of hydrogen-bond acceptors (Lipinski definition) is 1. The third kappa shape index (κ3) is 2.24. The van der Waals surface area contributed by atoms with Crippen LogP contribution in [0.2, 0.25) is 0 Å². The first-order valence-electron chi connectivity index (χ1n) is 4.99. The van der Waals surface area contributed by atoms with E-state index in [4.69, 9.17) is 0 Å². The molecular formula is C10H20NOP. The van der Waals surface area contributed by atoms with Crippen LogP contribution in [-0.4, -0.2) is 29.1 Å². The minimum Gasteiger partial charge on any atom is -0.306 e. The second-order valence-electron chi connectivity index (χ2n) is 4.25. The molecule has 2 nitrogen and oxygen atoms in total. The summed E-state index contributed by atoms with van der Waals surface area (Å²) >= 11 is 0. The van der Waals surface area contributed by atoms with Crippen molar-refractivity contribution in [3.8, 4) is 0 Å². The molecule has 3 heteroatoms. The Labute approximate surface area is 81.4 Å². The molecule has 1 aliphatic rings. The predicted molar refractivity (Wildman–Crippen MR) is 58.6 cm³/mol. The molecule has 1 heterocycles. The summed E-state index contributed by atoms with van der Waals surface area (Å²) in [4.78, 5) is 0. The average Bonchev–Trinajstić information content (AvgIpc) is 2.33. The molecule has 0 fully saturated rings. The van der Waals surface area contributed by atoms with E-state index in [1.165, 1.54) is 0 Å². The lowest BCUT2D eigenvalue weighted by atomic mass is 10.3. The first-order chi connectivity index (χ1) is 5.97. The molecule has 1 rings (SSSR count). The van der Waals surface area contributed by atoms with Gasteiger partial charge < -0.3 is 4.57 Å². The molecule has 0 atom stereocenters. The molecule has 0 saturated heterocycles. The lowest BCUT2D eigenvalue weighted by Gasteiger charge is -2.35. The van der Waals surface area contributed by atoms with E-state index in [1.807, 2.05) is 0 Å². The summed E-state index contributed by atoms with van der Waals surface area (Å²) in [5, 5.41) is 0. The van der Waals surface area contributed by atoms with Crippen molar-refractivity contribution >= 4 is 7.29 Å². The van der Waals surface area contributed by atoms with Crippen LogP contribution >= 0.6 is 7.29 Å². The van der Waals surface area contributed by atoms with Gasteiger partial charge in [0.05, 0.1) is 0 Å².